The minimum Gasteiger partial charge on any atom is -0.462 e. The fourth-order valence-electron chi connectivity index (χ4n) is 9.78. The second-order valence-corrected chi connectivity index (χ2v) is 27.4. The van der Waals surface area contributed by atoms with Crippen LogP contribution in [0.15, 0.2) is 60.8 Å². The molecule has 0 aliphatic carbocycles. The number of hydrogen-bond acceptors (Lipinski definition) is 15. The maximum absolute atomic E-state index is 13.0. The zero-order chi connectivity index (χ0) is 67.5. The molecular formula is C73H132O17P2. The molecule has 0 bridgehead atoms. The predicted octanol–water partition coefficient (Wildman–Crippen LogP) is 20.3. The van der Waals surface area contributed by atoms with Crippen molar-refractivity contribution in [3.63, 3.8) is 0 Å². The van der Waals surface area contributed by atoms with Crippen molar-refractivity contribution in [3.8, 4) is 0 Å². The first-order valence-corrected chi connectivity index (χ1v) is 39.5. The molecule has 0 saturated carbocycles. The van der Waals surface area contributed by atoms with Crippen LogP contribution in [0.2, 0.25) is 0 Å². The largest absolute Gasteiger partial charge is 0.472 e. The van der Waals surface area contributed by atoms with Crippen molar-refractivity contribution in [1.82, 2.24) is 0 Å². The Morgan fingerprint density at radius 3 is 0.880 bits per heavy atom. The van der Waals surface area contributed by atoms with Gasteiger partial charge in [-0.05, 0) is 103 Å². The molecule has 0 amide bonds. The van der Waals surface area contributed by atoms with Gasteiger partial charge >= 0.3 is 39.5 Å². The van der Waals surface area contributed by atoms with E-state index in [9.17, 15) is 43.2 Å². The number of ether oxygens (including phenoxy) is 4. The maximum Gasteiger partial charge on any atom is 0.472 e. The Morgan fingerprint density at radius 2 is 0.543 bits per heavy atom. The molecule has 92 heavy (non-hydrogen) atoms. The van der Waals surface area contributed by atoms with E-state index < -0.39 is 97.5 Å². The van der Waals surface area contributed by atoms with Crippen LogP contribution in [-0.2, 0) is 65.4 Å². The zero-order valence-corrected chi connectivity index (χ0v) is 60.0. The standard InChI is InChI=1S/C73H132O17P2/c1-5-9-13-17-21-25-29-30-31-32-33-34-35-36-40-42-46-50-54-58-71(76)84-64-69(90-73(78)60-56-52-48-44-39-28-24-20-16-12-8-4)66-88-92(81,82)86-62-67(74)61-85-91(79,80)87-65-68(89-72(77)59-55-51-47-43-38-27-23-19-15-11-7-3)63-83-70(75)57-53-49-45-41-37-26-22-18-14-10-6-2/h18,20-22,24-25,30-31,33-34,67-69,74H,5-17,19,23,26-29,32,35-66H2,1-4H3,(H,79,80)(H,81,82)/b22-18-,24-20-,25-21-,31-30-,34-33-. The number of hydrogen-bond donors (Lipinski definition) is 3. The van der Waals surface area contributed by atoms with E-state index >= 15 is 0 Å². The topological polar surface area (TPSA) is 237 Å². The van der Waals surface area contributed by atoms with Crippen molar-refractivity contribution in [1.29, 1.82) is 0 Å². The van der Waals surface area contributed by atoms with Crippen molar-refractivity contribution in [2.75, 3.05) is 39.6 Å². The second-order valence-electron chi connectivity index (χ2n) is 24.5. The highest BCUT2D eigenvalue weighted by atomic mass is 31.2. The number of phosphoric ester groups is 2. The third-order valence-corrected chi connectivity index (χ3v) is 17.4. The third-order valence-electron chi connectivity index (χ3n) is 15.5. The molecule has 0 heterocycles. The highest BCUT2D eigenvalue weighted by Gasteiger charge is 2.30. The molecular weight excluding hydrogens is 1210 g/mol. The van der Waals surface area contributed by atoms with Crippen molar-refractivity contribution in [3.05, 3.63) is 60.8 Å². The molecule has 0 aromatic carbocycles. The Bertz CT molecular complexity index is 1990. The van der Waals surface area contributed by atoms with Crippen LogP contribution in [0.5, 0.6) is 0 Å². The lowest BCUT2D eigenvalue weighted by molar-refractivity contribution is -0.161. The smallest absolute Gasteiger partial charge is 0.462 e. The first-order chi connectivity index (χ1) is 44.7. The van der Waals surface area contributed by atoms with Gasteiger partial charge in [0.05, 0.1) is 26.4 Å². The number of aliphatic hydroxyl groups is 1. The fraction of sp³-hybridized carbons (Fsp3) is 0.808. The predicted molar refractivity (Wildman–Crippen MR) is 372 cm³/mol. The summed E-state index contributed by atoms with van der Waals surface area (Å²) in [5.41, 5.74) is 0. The number of rotatable bonds is 69. The second kappa shape index (κ2) is 66.4. The Labute approximate surface area is 559 Å². The third kappa shape index (κ3) is 65.4. The average Bonchev–Trinajstić information content (AvgIpc) is 2.24. The van der Waals surface area contributed by atoms with Crippen LogP contribution in [0.3, 0.4) is 0 Å². The lowest BCUT2D eigenvalue weighted by Crippen LogP contribution is -2.30. The van der Waals surface area contributed by atoms with E-state index in [0.717, 1.165) is 161 Å². The van der Waals surface area contributed by atoms with Crippen LogP contribution >= 0.6 is 15.6 Å². The van der Waals surface area contributed by atoms with E-state index in [0.29, 0.717) is 25.7 Å². The summed E-state index contributed by atoms with van der Waals surface area (Å²) in [7, 11) is -9.93. The number of aliphatic hydroxyl groups excluding tert-OH is 1. The molecule has 5 unspecified atom stereocenters. The molecule has 0 aliphatic heterocycles. The van der Waals surface area contributed by atoms with Crippen LogP contribution in [-0.4, -0.2) is 96.7 Å². The molecule has 0 rings (SSSR count). The van der Waals surface area contributed by atoms with Gasteiger partial charge in [0, 0.05) is 25.7 Å². The van der Waals surface area contributed by atoms with Crippen molar-refractivity contribution < 1.29 is 80.2 Å². The van der Waals surface area contributed by atoms with Crippen molar-refractivity contribution in [2.24, 2.45) is 0 Å². The number of phosphoric acid groups is 2. The molecule has 3 N–H and O–H groups in total. The van der Waals surface area contributed by atoms with E-state index in [1.807, 2.05) is 0 Å². The Kier molecular flexibility index (Phi) is 64.0. The molecule has 0 spiro atoms. The van der Waals surface area contributed by atoms with Crippen molar-refractivity contribution >= 4 is 39.5 Å². The number of allylic oxidation sites excluding steroid dienone is 10. The van der Waals surface area contributed by atoms with Crippen molar-refractivity contribution in [2.45, 2.75) is 341 Å². The van der Waals surface area contributed by atoms with E-state index in [4.69, 9.17) is 37.0 Å². The Morgan fingerprint density at radius 1 is 0.304 bits per heavy atom. The molecule has 19 heteroatoms. The zero-order valence-electron chi connectivity index (χ0n) is 58.2. The van der Waals surface area contributed by atoms with Gasteiger partial charge in [0.25, 0.3) is 0 Å². The van der Waals surface area contributed by atoms with E-state index in [1.54, 1.807) is 0 Å². The lowest BCUT2D eigenvalue weighted by Gasteiger charge is -2.21. The number of esters is 4. The van der Waals surface area contributed by atoms with E-state index in [2.05, 4.69) is 88.5 Å². The summed E-state index contributed by atoms with van der Waals surface area (Å²) < 4.78 is 68.2. The first-order valence-electron chi connectivity index (χ1n) is 36.5. The summed E-state index contributed by atoms with van der Waals surface area (Å²) >= 11 is 0. The molecule has 0 radical (unpaired) electrons. The van der Waals surface area contributed by atoms with Gasteiger partial charge in [0.15, 0.2) is 12.2 Å². The molecule has 0 saturated heterocycles. The molecule has 0 aromatic heterocycles. The van der Waals surface area contributed by atoms with Gasteiger partial charge in [-0.3, -0.25) is 37.3 Å². The van der Waals surface area contributed by atoms with Crippen LogP contribution < -0.4 is 0 Å². The first kappa shape index (κ1) is 88.8. The molecule has 5 atom stereocenters. The molecule has 0 aliphatic rings. The number of unbranched alkanes of at least 4 members (excludes halogenated alkanes) is 33. The Balaban J connectivity index is 5.26. The van der Waals surface area contributed by atoms with Gasteiger partial charge in [0.2, 0.25) is 0 Å². The van der Waals surface area contributed by atoms with Gasteiger partial charge in [-0.1, -0.05) is 255 Å². The summed E-state index contributed by atoms with van der Waals surface area (Å²) in [5.74, 6) is -2.19. The fourth-order valence-corrected chi connectivity index (χ4v) is 11.4. The molecule has 17 nitrogen and oxygen atoms in total. The van der Waals surface area contributed by atoms with Gasteiger partial charge in [0.1, 0.15) is 19.3 Å². The summed E-state index contributed by atoms with van der Waals surface area (Å²) in [6.45, 7) is 4.75. The van der Waals surface area contributed by atoms with E-state index in [1.165, 1.54) is 83.5 Å². The van der Waals surface area contributed by atoms with E-state index in [-0.39, 0.29) is 25.7 Å². The molecule has 0 fully saturated rings. The van der Waals surface area contributed by atoms with Gasteiger partial charge in [-0.25, -0.2) is 9.13 Å². The van der Waals surface area contributed by atoms with Gasteiger partial charge < -0.3 is 33.8 Å². The quantitative estimate of drug-likeness (QED) is 0.0169. The summed E-state index contributed by atoms with van der Waals surface area (Å²) in [6, 6.07) is 0. The summed E-state index contributed by atoms with van der Waals surface area (Å²) in [6.07, 6.45) is 62.3. The van der Waals surface area contributed by atoms with Crippen LogP contribution in [0.1, 0.15) is 323 Å². The highest BCUT2D eigenvalue weighted by molar-refractivity contribution is 7.47. The number of carbonyl (C=O) groups excluding carboxylic acids is 4. The SMILES string of the molecule is CCCC/C=C\CCCCCCCC(=O)OCC(COP(=O)(O)OCC(O)COP(=O)(O)OCC(COC(=O)CCCCCCCC/C=C\C/C=C\C/C=C\CCCCC)OC(=O)CCCCCCC/C=C\CCCC)OC(=O)CCCCCCCCCCCCC. The maximum atomic E-state index is 13.0. The average molecular weight is 1340 g/mol. The Hall–Kier alpha value is -3.24. The molecule has 0 aromatic rings. The summed E-state index contributed by atoms with van der Waals surface area (Å²) in [4.78, 5) is 72.5. The van der Waals surface area contributed by atoms with Crippen LogP contribution in [0.4, 0.5) is 0 Å². The summed E-state index contributed by atoms with van der Waals surface area (Å²) in [5, 5.41) is 10.6. The molecule has 536 valence electrons. The normalized spacial score (nSPS) is 14.4. The monoisotopic (exact) mass is 1340 g/mol. The van der Waals surface area contributed by atoms with Crippen LogP contribution in [0.25, 0.3) is 0 Å². The minimum absolute atomic E-state index is 0.0845. The number of carbonyl (C=O) groups is 4. The lowest BCUT2D eigenvalue weighted by atomic mass is 10.1. The highest BCUT2D eigenvalue weighted by Crippen LogP contribution is 2.45. The van der Waals surface area contributed by atoms with Crippen LogP contribution in [0, 0.1) is 0 Å². The minimum atomic E-state index is -4.97. The van der Waals surface area contributed by atoms with Gasteiger partial charge in [-0.15, -0.1) is 0 Å². The van der Waals surface area contributed by atoms with Gasteiger partial charge in [-0.2, -0.15) is 0 Å².